The van der Waals surface area contributed by atoms with Crippen molar-refractivity contribution in [3.63, 3.8) is 0 Å². The van der Waals surface area contributed by atoms with Crippen molar-refractivity contribution in [3.8, 4) is 0 Å². The molecule has 0 aliphatic carbocycles. The highest BCUT2D eigenvalue weighted by Crippen LogP contribution is 2.29. The zero-order valence-electron chi connectivity index (χ0n) is 15.3. The van der Waals surface area contributed by atoms with Gasteiger partial charge >= 0.3 is 6.18 Å². The lowest BCUT2D eigenvalue weighted by atomic mass is 9.99. The molecule has 1 saturated heterocycles. The topological polar surface area (TPSA) is 52.6 Å². The fourth-order valence-corrected chi connectivity index (χ4v) is 3.64. The second-order valence-electron chi connectivity index (χ2n) is 6.52. The summed E-state index contributed by atoms with van der Waals surface area (Å²) in [5.41, 5.74) is -0.843. The van der Waals surface area contributed by atoms with Gasteiger partial charge in [0.05, 0.1) is 6.54 Å². The summed E-state index contributed by atoms with van der Waals surface area (Å²) in [7, 11) is 1.64. The Morgan fingerprint density at radius 3 is 2.77 bits per heavy atom. The van der Waals surface area contributed by atoms with Crippen molar-refractivity contribution in [2.75, 3.05) is 26.7 Å². The van der Waals surface area contributed by atoms with Crippen LogP contribution in [0.15, 0.2) is 10.4 Å². The smallest absolute Gasteiger partial charge is 0.355 e. The third kappa shape index (κ3) is 7.18. The zero-order chi connectivity index (χ0) is 18.4. The van der Waals surface area contributed by atoms with Crippen LogP contribution in [0, 0.1) is 5.92 Å². The number of aliphatic imine (C=N–C) groups is 1. The molecule has 1 aliphatic rings. The lowest BCUT2D eigenvalue weighted by Gasteiger charge is -2.35. The molecular weight excluding hydrogens is 478 g/mol. The highest BCUT2D eigenvalue weighted by Gasteiger charge is 2.33. The summed E-state index contributed by atoms with van der Waals surface area (Å²) in [6.07, 6.45) is -1.88. The number of hydrogen-bond donors (Lipinski definition) is 2. The molecule has 2 unspecified atom stereocenters. The van der Waals surface area contributed by atoms with Gasteiger partial charge in [0.15, 0.2) is 11.7 Å². The lowest BCUT2D eigenvalue weighted by Crippen LogP contribution is -2.48. The average Bonchev–Trinajstić information content (AvgIpc) is 3.04. The van der Waals surface area contributed by atoms with Crippen LogP contribution >= 0.6 is 35.3 Å². The standard InChI is InChI=1S/C16H26F3N5S.HI/c1-11-5-4-6-24(9-11)12(2)7-21-15(20-3)22-8-14-23-13(10-25-14)16(17,18)19;/h10-12H,4-9H2,1-3H3,(H2,20,21,22);1H. The number of aromatic nitrogens is 1. The Hall–Kier alpha value is -0.620. The summed E-state index contributed by atoms with van der Waals surface area (Å²) in [5.74, 6) is 1.29. The molecule has 1 fully saturated rings. The predicted molar refractivity (Wildman–Crippen MR) is 110 cm³/mol. The van der Waals surface area contributed by atoms with Crippen LogP contribution in [0.25, 0.3) is 0 Å². The molecule has 0 spiro atoms. The van der Waals surface area contributed by atoms with Crippen LogP contribution in [0.1, 0.15) is 37.4 Å². The molecule has 1 aromatic rings. The molecule has 0 amide bonds. The van der Waals surface area contributed by atoms with Gasteiger partial charge in [0.2, 0.25) is 0 Å². The van der Waals surface area contributed by atoms with Gasteiger partial charge in [-0.2, -0.15) is 13.2 Å². The summed E-state index contributed by atoms with van der Waals surface area (Å²) in [4.78, 5) is 10.2. The molecule has 2 rings (SSSR count). The molecule has 2 atom stereocenters. The van der Waals surface area contributed by atoms with Crippen molar-refractivity contribution in [3.05, 3.63) is 16.1 Å². The number of nitrogens with one attached hydrogen (secondary N) is 2. The van der Waals surface area contributed by atoms with Crippen LogP contribution in [0.4, 0.5) is 13.2 Å². The first-order chi connectivity index (χ1) is 11.8. The number of guanidine groups is 1. The third-order valence-corrected chi connectivity index (χ3v) is 5.20. The minimum absolute atomic E-state index is 0. The number of alkyl halides is 3. The number of rotatable bonds is 5. The van der Waals surface area contributed by atoms with E-state index in [1.165, 1.54) is 12.8 Å². The number of piperidine rings is 1. The first kappa shape index (κ1) is 23.4. The molecular formula is C16H27F3IN5S. The second-order valence-corrected chi connectivity index (χ2v) is 7.46. The highest BCUT2D eigenvalue weighted by atomic mass is 127. The average molecular weight is 505 g/mol. The maximum absolute atomic E-state index is 12.6. The first-order valence-electron chi connectivity index (χ1n) is 8.49. The van der Waals surface area contributed by atoms with Crippen molar-refractivity contribution >= 4 is 41.3 Å². The van der Waals surface area contributed by atoms with Gasteiger partial charge in [0.1, 0.15) is 5.01 Å². The van der Waals surface area contributed by atoms with Crippen molar-refractivity contribution in [2.24, 2.45) is 10.9 Å². The molecule has 5 nitrogen and oxygen atoms in total. The van der Waals surface area contributed by atoms with E-state index in [0.29, 0.717) is 17.0 Å². The van der Waals surface area contributed by atoms with Crippen LogP contribution in [0.3, 0.4) is 0 Å². The van der Waals surface area contributed by atoms with Gasteiger partial charge in [-0.3, -0.25) is 9.89 Å². The van der Waals surface area contributed by atoms with Gasteiger partial charge in [0, 0.05) is 31.6 Å². The van der Waals surface area contributed by atoms with Crippen LogP contribution in [-0.4, -0.2) is 48.6 Å². The van der Waals surface area contributed by atoms with Gasteiger partial charge in [-0.15, -0.1) is 35.3 Å². The van der Waals surface area contributed by atoms with E-state index >= 15 is 0 Å². The molecule has 150 valence electrons. The van der Waals surface area contributed by atoms with Gasteiger partial charge in [-0.25, -0.2) is 4.98 Å². The van der Waals surface area contributed by atoms with Crippen LogP contribution in [0.2, 0.25) is 0 Å². The van der Waals surface area contributed by atoms with Crippen LogP contribution in [-0.2, 0) is 12.7 Å². The quantitative estimate of drug-likeness (QED) is 0.365. The summed E-state index contributed by atoms with van der Waals surface area (Å²) in [5, 5.41) is 7.68. The minimum Gasteiger partial charge on any atom is -0.355 e. The van der Waals surface area contributed by atoms with E-state index in [-0.39, 0.29) is 30.5 Å². The molecule has 0 saturated carbocycles. The molecule has 1 aromatic heterocycles. The van der Waals surface area contributed by atoms with Gasteiger partial charge < -0.3 is 10.6 Å². The molecule has 1 aliphatic heterocycles. The highest BCUT2D eigenvalue weighted by molar-refractivity contribution is 14.0. The lowest BCUT2D eigenvalue weighted by molar-refractivity contribution is -0.140. The second kappa shape index (κ2) is 10.6. The predicted octanol–water partition coefficient (Wildman–Crippen LogP) is 3.57. The summed E-state index contributed by atoms with van der Waals surface area (Å²) in [6, 6.07) is 0.373. The molecule has 0 bridgehead atoms. The summed E-state index contributed by atoms with van der Waals surface area (Å²) in [6.45, 7) is 7.62. The summed E-state index contributed by atoms with van der Waals surface area (Å²) < 4.78 is 37.7. The Morgan fingerprint density at radius 2 is 2.19 bits per heavy atom. The van der Waals surface area contributed by atoms with Crippen molar-refractivity contribution in [1.82, 2.24) is 20.5 Å². The van der Waals surface area contributed by atoms with E-state index in [4.69, 9.17) is 0 Å². The Labute approximate surface area is 173 Å². The Morgan fingerprint density at radius 1 is 1.46 bits per heavy atom. The number of nitrogens with zero attached hydrogens (tertiary/aromatic N) is 3. The Balaban J connectivity index is 0.00000338. The van der Waals surface area contributed by atoms with Gasteiger partial charge in [-0.05, 0) is 32.2 Å². The van der Waals surface area contributed by atoms with Crippen molar-refractivity contribution < 1.29 is 13.2 Å². The fourth-order valence-electron chi connectivity index (χ4n) is 2.90. The summed E-state index contributed by atoms with van der Waals surface area (Å²) >= 11 is 0.992. The molecule has 0 aromatic carbocycles. The number of thiazole rings is 1. The van der Waals surface area contributed by atoms with Crippen LogP contribution in [0.5, 0.6) is 0 Å². The van der Waals surface area contributed by atoms with E-state index < -0.39 is 11.9 Å². The van der Waals surface area contributed by atoms with E-state index in [1.54, 1.807) is 7.05 Å². The van der Waals surface area contributed by atoms with E-state index in [0.717, 1.165) is 42.3 Å². The number of halogens is 4. The number of hydrogen-bond acceptors (Lipinski definition) is 4. The molecule has 0 radical (unpaired) electrons. The zero-order valence-corrected chi connectivity index (χ0v) is 18.4. The fraction of sp³-hybridized carbons (Fsp3) is 0.750. The first-order valence-corrected chi connectivity index (χ1v) is 9.37. The van der Waals surface area contributed by atoms with E-state index in [2.05, 4.69) is 39.4 Å². The normalized spacial score (nSPS) is 20.4. The molecule has 26 heavy (non-hydrogen) atoms. The Bertz CT molecular complexity index is 578. The molecule has 10 heteroatoms. The third-order valence-electron chi connectivity index (χ3n) is 4.35. The monoisotopic (exact) mass is 505 g/mol. The largest absolute Gasteiger partial charge is 0.434 e. The van der Waals surface area contributed by atoms with Crippen molar-refractivity contribution in [2.45, 2.75) is 45.5 Å². The molecule has 2 heterocycles. The maximum atomic E-state index is 12.6. The minimum atomic E-state index is -4.39. The Kier molecular flexibility index (Phi) is 9.59. The van der Waals surface area contributed by atoms with Gasteiger partial charge in [0.25, 0.3) is 0 Å². The van der Waals surface area contributed by atoms with E-state index in [1.807, 2.05) is 0 Å². The number of likely N-dealkylation sites (tertiary alicyclic amines) is 1. The molecule has 2 N–H and O–H groups in total. The van der Waals surface area contributed by atoms with Crippen LogP contribution < -0.4 is 10.6 Å². The maximum Gasteiger partial charge on any atom is 0.434 e. The van der Waals surface area contributed by atoms with Gasteiger partial charge in [-0.1, -0.05) is 6.92 Å². The SMILES string of the molecule is CN=C(NCc1nc(C(F)(F)F)cs1)NCC(C)N1CCCC(C)C1.I. The van der Waals surface area contributed by atoms with Crippen molar-refractivity contribution in [1.29, 1.82) is 0 Å². The van der Waals surface area contributed by atoms with E-state index in [9.17, 15) is 13.2 Å².